The number of aryl methyl sites for hydroxylation is 3. The number of aromatic amines is 1. The third-order valence-electron chi connectivity index (χ3n) is 5.20. The molecule has 0 radical (unpaired) electrons. The molecule has 146 valence electrons. The molecule has 1 aliphatic rings. The molecule has 3 aromatic rings. The number of rotatable bonds is 4. The molecule has 1 aromatic carbocycles. The molecule has 2 aromatic heterocycles. The van der Waals surface area contributed by atoms with E-state index >= 15 is 0 Å². The van der Waals surface area contributed by atoms with Gasteiger partial charge in [-0.15, -0.1) is 11.3 Å². The number of hydrogen-bond donors (Lipinski definition) is 2. The van der Waals surface area contributed by atoms with Crippen molar-refractivity contribution in [1.82, 2.24) is 9.97 Å². The van der Waals surface area contributed by atoms with Crippen molar-refractivity contribution in [2.75, 3.05) is 5.32 Å². The van der Waals surface area contributed by atoms with Gasteiger partial charge in [0.05, 0.1) is 11.1 Å². The number of halogens is 1. The first kappa shape index (κ1) is 18.8. The molecule has 2 heterocycles. The molecule has 0 spiro atoms. The van der Waals surface area contributed by atoms with Gasteiger partial charge in [-0.05, 0) is 55.4 Å². The maximum atomic E-state index is 13.8. The number of carbonyl (C=O) groups is 1. The molecule has 0 fully saturated rings. The van der Waals surface area contributed by atoms with Crippen molar-refractivity contribution >= 4 is 33.1 Å². The van der Waals surface area contributed by atoms with Crippen LogP contribution in [-0.4, -0.2) is 15.9 Å². The smallest absolute Gasteiger partial charge is 0.259 e. The number of carbonyl (C=O) groups excluding carboxylic acids is 1. The molecule has 0 saturated carbocycles. The molecule has 5 nitrogen and oxygen atoms in total. The maximum absolute atomic E-state index is 13.8. The summed E-state index contributed by atoms with van der Waals surface area (Å²) >= 11 is 1.59. The molecule has 1 atom stereocenters. The molecule has 28 heavy (non-hydrogen) atoms. The van der Waals surface area contributed by atoms with Crippen LogP contribution in [0.4, 0.5) is 10.1 Å². The zero-order valence-corrected chi connectivity index (χ0v) is 16.7. The standard InChI is InChI=1S/C21H22FN3O2S/c1-11-4-6-14(22)15(9-11)23-18(26)8-7-17-24-20(27)19-13-5-3-12(2)10-16(13)28-21(19)25-17/h4,6,9,12H,3,5,7-8,10H2,1-2H3,(H,23,26)(H,24,25,27)/t12-/m1/s1. The molecule has 4 rings (SSSR count). The predicted molar refractivity (Wildman–Crippen MR) is 110 cm³/mol. The van der Waals surface area contributed by atoms with E-state index in [1.165, 1.54) is 10.9 Å². The summed E-state index contributed by atoms with van der Waals surface area (Å²) in [5.74, 6) is 0.339. The number of nitrogens with zero attached hydrogens (tertiary/aromatic N) is 1. The van der Waals surface area contributed by atoms with E-state index in [1.54, 1.807) is 23.5 Å². The molecule has 0 unspecified atom stereocenters. The Hall–Kier alpha value is -2.54. The Morgan fingerprint density at radius 3 is 3.07 bits per heavy atom. The highest BCUT2D eigenvalue weighted by Gasteiger charge is 2.23. The number of benzene rings is 1. The van der Waals surface area contributed by atoms with Gasteiger partial charge >= 0.3 is 0 Å². The van der Waals surface area contributed by atoms with Gasteiger partial charge in [-0.25, -0.2) is 9.37 Å². The van der Waals surface area contributed by atoms with Gasteiger partial charge in [0.2, 0.25) is 5.91 Å². The summed E-state index contributed by atoms with van der Waals surface area (Å²) in [4.78, 5) is 34.2. The van der Waals surface area contributed by atoms with Crippen molar-refractivity contribution in [2.45, 2.75) is 46.0 Å². The van der Waals surface area contributed by atoms with E-state index in [0.29, 0.717) is 23.5 Å². The van der Waals surface area contributed by atoms with Crippen LogP contribution in [0.25, 0.3) is 10.2 Å². The monoisotopic (exact) mass is 399 g/mol. The number of thiophene rings is 1. The number of fused-ring (bicyclic) bond motifs is 3. The van der Waals surface area contributed by atoms with Crippen molar-refractivity contribution in [3.8, 4) is 0 Å². The van der Waals surface area contributed by atoms with E-state index in [-0.39, 0.29) is 23.6 Å². The van der Waals surface area contributed by atoms with Crippen molar-refractivity contribution in [3.05, 3.63) is 56.2 Å². The fourth-order valence-corrected chi connectivity index (χ4v) is 5.09. The predicted octanol–water partition coefficient (Wildman–Crippen LogP) is 4.13. The van der Waals surface area contributed by atoms with Crippen molar-refractivity contribution in [1.29, 1.82) is 0 Å². The molecule has 0 saturated heterocycles. The van der Waals surface area contributed by atoms with Crippen LogP contribution in [0.3, 0.4) is 0 Å². The molecule has 0 bridgehead atoms. The van der Waals surface area contributed by atoms with Crippen molar-refractivity contribution in [2.24, 2.45) is 5.92 Å². The lowest BCUT2D eigenvalue weighted by atomic mass is 9.89. The highest BCUT2D eigenvalue weighted by atomic mass is 32.1. The number of hydrogen-bond acceptors (Lipinski definition) is 4. The summed E-state index contributed by atoms with van der Waals surface area (Å²) < 4.78 is 13.8. The highest BCUT2D eigenvalue weighted by Crippen LogP contribution is 2.35. The summed E-state index contributed by atoms with van der Waals surface area (Å²) in [6, 6.07) is 4.57. The largest absolute Gasteiger partial charge is 0.324 e. The van der Waals surface area contributed by atoms with E-state index in [1.807, 2.05) is 6.92 Å². The van der Waals surface area contributed by atoms with Crippen molar-refractivity contribution in [3.63, 3.8) is 0 Å². The van der Waals surface area contributed by atoms with E-state index < -0.39 is 5.82 Å². The Kier molecular flexibility index (Phi) is 5.02. The number of aromatic nitrogens is 2. The summed E-state index contributed by atoms with van der Waals surface area (Å²) in [6.07, 6.45) is 3.42. The second kappa shape index (κ2) is 7.47. The Bertz CT molecular complexity index is 1120. The Morgan fingerprint density at radius 2 is 2.25 bits per heavy atom. The van der Waals surface area contributed by atoms with Crippen LogP contribution >= 0.6 is 11.3 Å². The van der Waals surface area contributed by atoms with Gasteiger partial charge in [-0.3, -0.25) is 9.59 Å². The SMILES string of the molecule is Cc1ccc(F)c(NC(=O)CCc2nc3sc4c(c3c(=O)[nH]2)CC[C@@H](C)C4)c1. The summed E-state index contributed by atoms with van der Waals surface area (Å²) in [7, 11) is 0. The average Bonchev–Trinajstić information content (AvgIpc) is 3.00. The first-order valence-electron chi connectivity index (χ1n) is 9.50. The quantitative estimate of drug-likeness (QED) is 0.693. The Morgan fingerprint density at radius 1 is 1.43 bits per heavy atom. The number of amides is 1. The van der Waals surface area contributed by atoms with Crippen LogP contribution in [0.5, 0.6) is 0 Å². The minimum Gasteiger partial charge on any atom is -0.324 e. The Balaban J connectivity index is 1.50. The molecular formula is C21H22FN3O2S. The van der Waals surface area contributed by atoms with Gasteiger partial charge in [-0.1, -0.05) is 13.0 Å². The molecular weight excluding hydrogens is 377 g/mol. The molecule has 0 aliphatic heterocycles. The minimum atomic E-state index is -0.467. The van der Waals surface area contributed by atoms with Crippen LogP contribution < -0.4 is 10.9 Å². The fraction of sp³-hybridized carbons (Fsp3) is 0.381. The van der Waals surface area contributed by atoms with Crippen LogP contribution in [0.15, 0.2) is 23.0 Å². The van der Waals surface area contributed by atoms with Gasteiger partial charge in [0, 0.05) is 17.7 Å². The molecule has 1 amide bonds. The van der Waals surface area contributed by atoms with E-state index in [0.717, 1.165) is 35.2 Å². The third-order valence-corrected chi connectivity index (χ3v) is 6.35. The molecule has 7 heteroatoms. The lowest BCUT2D eigenvalue weighted by Crippen LogP contribution is -2.17. The topological polar surface area (TPSA) is 74.8 Å². The van der Waals surface area contributed by atoms with Crippen LogP contribution in [0, 0.1) is 18.7 Å². The van der Waals surface area contributed by atoms with Gasteiger partial charge in [-0.2, -0.15) is 0 Å². The molecule has 2 N–H and O–H groups in total. The van der Waals surface area contributed by atoms with Gasteiger partial charge in [0.15, 0.2) is 0 Å². The second-order valence-electron chi connectivity index (χ2n) is 7.58. The Labute approximate surface area is 166 Å². The van der Waals surface area contributed by atoms with Crippen LogP contribution in [0.2, 0.25) is 0 Å². The molecule has 1 aliphatic carbocycles. The average molecular weight is 399 g/mol. The maximum Gasteiger partial charge on any atom is 0.259 e. The lowest BCUT2D eigenvalue weighted by molar-refractivity contribution is -0.116. The summed E-state index contributed by atoms with van der Waals surface area (Å²) in [5.41, 5.74) is 2.05. The van der Waals surface area contributed by atoms with Gasteiger partial charge in [0.1, 0.15) is 16.5 Å². The first-order valence-corrected chi connectivity index (χ1v) is 10.3. The number of H-pyrrole nitrogens is 1. The second-order valence-corrected chi connectivity index (χ2v) is 8.66. The van der Waals surface area contributed by atoms with Gasteiger partial charge in [0.25, 0.3) is 5.56 Å². The van der Waals surface area contributed by atoms with Crippen LogP contribution in [0.1, 0.15) is 41.6 Å². The zero-order valence-electron chi connectivity index (χ0n) is 15.9. The normalized spacial score (nSPS) is 16.2. The van der Waals surface area contributed by atoms with Crippen molar-refractivity contribution < 1.29 is 9.18 Å². The first-order chi connectivity index (χ1) is 13.4. The summed E-state index contributed by atoms with van der Waals surface area (Å²) in [6.45, 7) is 4.06. The number of nitrogens with one attached hydrogen (secondary N) is 2. The van der Waals surface area contributed by atoms with Crippen LogP contribution in [-0.2, 0) is 24.1 Å². The van der Waals surface area contributed by atoms with Gasteiger partial charge < -0.3 is 10.3 Å². The lowest BCUT2D eigenvalue weighted by Gasteiger charge is -2.17. The van der Waals surface area contributed by atoms with E-state index in [9.17, 15) is 14.0 Å². The fourth-order valence-electron chi connectivity index (χ4n) is 3.69. The highest BCUT2D eigenvalue weighted by molar-refractivity contribution is 7.18. The third kappa shape index (κ3) is 3.71. The minimum absolute atomic E-state index is 0.115. The van der Waals surface area contributed by atoms with E-state index in [4.69, 9.17) is 0 Å². The number of anilines is 1. The summed E-state index contributed by atoms with van der Waals surface area (Å²) in [5, 5.41) is 3.30. The zero-order chi connectivity index (χ0) is 19.8. The van der Waals surface area contributed by atoms with E-state index in [2.05, 4.69) is 22.2 Å².